The topological polar surface area (TPSA) is 227 Å². The van der Waals surface area contributed by atoms with E-state index in [2.05, 4.69) is 10.6 Å². The van der Waals surface area contributed by atoms with Gasteiger partial charge in [0.1, 0.15) is 37.6 Å². The maximum Gasteiger partial charge on any atom is 0.407 e. The lowest BCUT2D eigenvalue weighted by Gasteiger charge is -2.46. The van der Waals surface area contributed by atoms with Crippen LogP contribution in [0.25, 0.3) is 11.1 Å². The fourth-order valence-electron chi connectivity index (χ4n) is 7.94. The van der Waals surface area contributed by atoms with Crippen molar-refractivity contribution in [3.05, 3.63) is 95.6 Å². The molecule has 0 saturated carbocycles. The van der Waals surface area contributed by atoms with Crippen molar-refractivity contribution in [2.24, 2.45) is 21.7 Å². The predicted octanol–water partition coefficient (Wildman–Crippen LogP) is 9.52. The quantitative estimate of drug-likeness (QED) is 0.0893. The van der Waals surface area contributed by atoms with Crippen LogP contribution in [0.5, 0.6) is 0 Å². The summed E-state index contributed by atoms with van der Waals surface area (Å²) in [5.74, 6) is -3.95. The number of carbonyl (C=O) groups excluding carboxylic acids is 7. The minimum Gasteiger partial charge on any atom is -0.462 e. The Bertz CT molecular complexity index is 2500. The summed E-state index contributed by atoms with van der Waals surface area (Å²) < 4.78 is 54.3. The largest absolute Gasteiger partial charge is 0.462 e. The normalized spacial score (nSPS) is 19.5. The van der Waals surface area contributed by atoms with Crippen molar-refractivity contribution in [2.45, 2.75) is 178 Å². The zero-order valence-corrected chi connectivity index (χ0v) is 47.4. The van der Waals surface area contributed by atoms with E-state index in [1.807, 2.05) is 54.6 Å². The number of rotatable bonds is 18. The Balaban J connectivity index is 1.49. The third kappa shape index (κ3) is 17.8. The van der Waals surface area contributed by atoms with Crippen LogP contribution in [0, 0.1) is 21.7 Å². The molecule has 7 atom stereocenters. The van der Waals surface area contributed by atoms with Gasteiger partial charge in [-0.3, -0.25) is 19.2 Å². The molecular weight excluding hydrogens is 993 g/mol. The fourth-order valence-corrected chi connectivity index (χ4v) is 7.94. The van der Waals surface area contributed by atoms with Gasteiger partial charge in [0.2, 0.25) is 0 Å². The first-order valence-corrected chi connectivity index (χ1v) is 26.1. The molecule has 1 aliphatic carbocycles. The molecule has 0 unspecified atom stereocenters. The summed E-state index contributed by atoms with van der Waals surface area (Å²) in [7, 11) is 0. The summed E-state index contributed by atoms with van der Waals surface area (Å²) in [5, 5.41) is 5.48. The van der Waals surface area contributed by atoms with E-state index in [0.717, 1.165) is 22.3 Å². The molecule has 0 spiro atoms. The monoisotopic (exact) mass is 1070 g/mol. The summed E-state index contributed by atoms with van der Waals surface area (Å²) in [6.45, 7) is 23.4. The van der Waals surface area contributed by atoms with Crippen molar-refractivity contribution in [2.75, 3.05) is 19.8 Å². The van der Waals surface area contributed by atoms with E-state index >= 15 is 0 Å². The van der Waals surface area contributed by atoms with Crippen molar-refractivity contribution in [1.82, 2.24) is 10.6 Å². The lowest BCUT2D eigenvalue weighted by Crippen LogP contribution is -2.64. The zero-order chi connectivity index (χ0) is 57.3. The van der Waals surface area contributed by atoms with Gasteiger partial charge in [-0.25, -0.2) is 14.4 Å². The van der Waals surface area contributed by atoms with E-state index in [9.17, 15) is 33.6 Å². The van der Waals surface area contributed by atoms with E-state index in [-0.39, 0.29) is 32.0 Å². The molecule has 2 amide bonds. The van der Waals surface area contributed by atoms with Crippen LogP contribution in [0.3, 0.4) is 0 Å². The number of hydrogen-bond acceptors (Lipinski definition) is 16. The van der Waals surface area contributed by atoms with Crippen molar-refractivity contribution in [3.8, 4) is 11.1 Å². The maximum absolute atomic E-state index is 14.0. The molecule has 1 saturated heterocycles. The summed E-state index contributed by atoms with van der Waals surface area (Å²) in [6, 6.07) is 22.3. The third-order valence-corrected chi connectivity index (χ3v) is 12.3. The molecule has 2 aliphatic rings. The van der Waals surface area contributed by atoms with Crippen LogP contribution in [-0.2, 0) is 73.2 Å². The molecule has 5 rings (SSSR count). The summed E-state index contributed by atoms with van der Waals surface area (Å²) in [5.41, 5.74) is -0.553. The number of hydrogen-bond donors (Lipinski definition) is 2. The first-order valence-electron chi connectivity index (χ1n) is 26.1. The average Bonchev–Trinajstić information content (AvgIpc) is 3.65. The second-order valence-corrected chi connectivity index (χ2v) is 24.6. The molecule has 2 N–H and O–H groups in total. The van der Waals surface area contributed by atoms with E-state index in [0.29, 0.717) is 5.56 Å². The molecule has 3 aromatic rings. The van der Waals surface area contributed by atoms with Gasteiger partial charge in [0.25, 0.3) is 0 Å². The summed E-state index contributed by atoms with van der Waals surface area (Å²) in [4.78, 5) is 96.3. The maximum atomic E-state index is 14.0. The van der Waals surface area contributed by atoms with Crippen LogP contribution < -0.4 is 10.6 Å². The molecule has 1 fully saturated rings. The van der Waals surface area contributed by atoms with E-state index in [1.54, 1.807) is 128 Å². The fraction of sp³-hybridized carbons (Fsp3) is 0.576. The van der Waals surface area contributed by atoms with Gasteiger partial charge in [0.15, 0.2) is 24.6 Å². The summed E-state index contributed by atoms with van der Waals surface area (Å²) >= 11 is 0. The first-order chi connectivity index (χ1) is 35.7. The van der Waals surface area contributed by atoms with Gasteiger partial charge in [0.05, 0.1) is 34.3 Å². The molecule has 0 bridgehead atoms. The number of alkyl carbamates (subject to hydrolysis) is 2. The Labute approximate surface area is 453 Å². The molecule has 0 aromatic heterocycles. The average molecular weight is 1070 g/mol. The second kappa shape index (κ2) is 25.3. The van der Waals surface area contributed by atoms with Crippen LogP contribution in [0.15, 0.2) is 78.9 Å². The minimum atomic E-state index is -1.66. The van der Waals surface area contributed by atoms with Crippen LogP contribution in [0.1, 0.15) is 139 Å². The number of amides is 2. The van der Waals surface area contributed by atoms with Gasteiger partial charge in [-0.2, -0.15) is 0 Å². The van der Waals surface area contributed by atoms with Crippen molar-refractivity contribution in [3.63, 3.8) is 0 Å². The van der Waals surface area contributed by atoms with Gasteiger partial charge in [0, 0.05) is 5.92 Å². The minimum absolute atomic E-state index is 0.0345. The lowest BCUT2D eigenvalue weighted by molar-refractivity contribution is -0.313. The number of esters is 5. The van der Waals surface area contributed by atoms with Crippen LogP contribution in [-0.4, -0.2) is 110 Å². The summed E-state index contributed by atoms with van der Waals surface area (Å²) in [6.07, 6.45) is -9.84. The number of carbonyl (C=O) groups is 7. The van der Waals surface area contributed by atoms with E-state index < -0.39 is 125 Å². The van der Waals surface area contributed by atoms with Gasteiger partial charge in [-0.1, -0.05) is 78.9 Å². The Kier molecular flexibility index (Phi) is 20.1. The SMILES string of the molecule is CC(C)(C)OC(=O)[C@H](CC[C@@H](CO[C@@H]1O[C@H](COC(=O)C(C)(C)C)[C@H](OC(=O)C(C)(C)C)[C@H](OC(=O)C(C)(C)C)[C@H]1OC(=O)C(C)(C)C)NC(=O)OCc1ccccc1)NC(=O)OCC1c2ccccc2-c2ccccc21. The third-order valence-electron chi connectivity index (χ3n) is 12.3. The van der Waals surface area contributed by atoms with Crippen molar-refractivity contribution >= 4 is 42.0 Å². The smallest absolute Gasteiger partial charge is 0.407 e. The second-order valence-electron chi connectivity index (χ2n) is 24.6. The number of benzene rings is 3. The van der Waals surface area contributed by atoms with Crippen molar-refractivity contribution in [1.29, 1.82) is 0 Å². The van der Waals surface area contributed by atoms with Gasteiger partial charge >= 0.3 is 42.0 Å². The molecule has 3 aromatic carbocycles. The molecule has 422 valence electrons. The zero-order valence-electron chi connectivity index (χ0n) is 47.4. The van der Waals surface area contributed by atoms with Gasteiger partial charge in [-0.05, 0) is 145 Å². The predicted molar refractivity (Wildman–Crippen MR) is 284 cm³/mol. The highest BCUT2D eigenvalue weighted by Gasteiger charge is 2.55. The van der Waals surface area contributed by atoms with Gasteiger partial charge < -0.3 is 53.3 Å². The van der Waals surface area contributed by atoms with E-state index in [4.69, 9.17) is 42.6 Å². The highest BCUT2D eigenvalue weighted by atomic mass is 16.7. The number of nitrogens with one attached hydrogen (secondary N) is 2. The Morgan fingerprint density at radius 1 is 0.519 bits per heavy atom. The molecule has 18 heteroatoms. The molecular formula is C59H80N2O16. The number of fused-ring (bicyclic) bond motifs is 3. The van der Waals surface area contributed by atoms with Crippen LogP contribution in [0.2, 0.25) is 0 Å². The molecule has 18 nitrogen and oxygen atoms in total. The van der Waals surface area contributed by atoms with Crippen LogP contribution >= 0.6 is 0 Å². The lowest BCUT2D eigenvalue weighted by atomic mass is 9.93. The highest BCUT2D eigenvalue weighted by molar-refractivity contribution is 5.83. The molecule has 0 radical (unpaired) electrons. The van der Waals surface area contributed by atoms with Crippen molar-refractivity contribution < 1.29 is 76.2 Å². The molecule has 77 heavy (non-hydrogen) atoms. The number of ether oxygens (including phenoxy) is 9. The Morgan fingerprint density at radius 2 is 1.00 bits per heavy atom. The molecule has 1 aliphatic heterocycles. The Hall–Kier alpha value is -6.53. The standard InChI is InChI=1S/C59H80N2O16/c1-55(2,3)49(63)70-34-43-44(74-50(64)56(4,5)6)45(75-51(65)57(7,8)9)46(76-52(66)58(10,11)12)48(73-43)69-32-36(60-53(67)71-31-35-23-17-16-18-24-35)29-30-42(47(62)77-59(13,14)15)61-54(68)72-33-41-39-27-21-19-25-37(39)38-26-20-22-28-40(38)41/h16-28,36,41-46,48H,29-34H2,1-15H3,(H,60,67)(H,61,68)/t36-,42-,43+,44-,45-,46+,48+/m0/s1. The Morgan fingerprint density at radius 3 is 1.52 bits per heavy atom. The van der Waals surface area contributed by atoms with Crippen LogP contribution in [0.4, 0.5) is 9.59 Å². The van der Waals surface area contributed by atoms with E-state index in [1.165, 1.54) is 0 Å². The van der Waals surface area contributed by atoms with Gasteiger partial charge in [-0.15, -0.1) is 0 Å². The highest BCUT2D eigenvalue weighted by Crippen LogP contribution is 2.44. The molecule has 1 heterocycles. The first kappa shape index (κ1) is 61.3.